The number of nitrogens with two attached hydrogens (primary N) is 2. The number of rotatable bonds is 4. The number of nitrogen functional groups attached to an aromatic ring is 1. The number of aromatic nitrogens is 3. The van der Waals surface area contributed by atoms with E-state index in [2.05, 4.69) is 19.9 Å². The molecule has 29 heavy (non-hydrogen) atoms. The molecule has 2 fully saturated rings. The summed E-state index contributed by atoms with van der Waals surface area (Å²) in [5.74, 6) is 1.16. The van der Waals surface area contributed by atoms with Crippen molar-refractivity contribution in [2.45, 2.75) is 47.8 Å². The number of ether oxygens (including phenoxy) is 1. The summed E-state index contributed by atoms with van der Waals surface area (Å²) in [4.78, 5) is 16.0. The second kappa shape index (κ2) is 8.43. The molecule has 2 aliphatic rings. The fourth-order valence-electron chi connectivity index (χ4n) is 4.36. The predicted octanol–water partition coefficient (Wildman–Crippen LogP) is 3.63. The highest BCUT2D eigenvalue weighted by Crippen LogP contribution is 2.47. The molecule has 2 aromatic heterocycles. The molecule has 2 unspecified atom stereocenters. The van der Waals surface area contributed by atoms with Crippen LogP contribution < -0.4 is 16.4 Å². The molecule has 0 aromatic carbocycles. The number of anilines is 2. The van der Waals surface area contributed by atoms with Crippen LogP contribution in [0.4, 0.5) is 11.6 Å². The topological polar surface area (TPSA) is 103 Å². The van der Waals surface area contributed by atoms with Crippen LogP contribution in [0.1, 0.15) is 25.7 Å². The molecule has 3 heterocycles. The average Bonchev–Trinajstić information content (AvgIpc) is 3.02. The number of piperidine rings is 1. The van der Waals surface area contributed by atoms with E-state index in [4.69, 9.17) is 39.4 Å². The first-order chi connectivity index (χ1) is 13.9. The average molecular weight is 455 g/mol. The SMILES string of the molecule is COC1CC(N)C2(CCN(c3cnc(Sc4ccnc(Cl)c4Cl)c(N)n3)CC2)C1. The maximum absolute atomic E-state index is 6.46. The van der Waals surface area contributed by atoms with E-state index in [1.165, 1.54) is 11.8 Å². The molecule has 10 heteroatoms. The molecule has 156 valence electrons. The molecule has 0 radical (unpaired) electrons. The van der Waals surface area contributed by atoms with E-state index < -0.39 is 0 Å². The number of hydrogen-bond donors (Lipinski definition) is 2. The van der Waals surface area contributed by atoms with Gasteiger partial charge in [0.25, 0.3) is 0 Å². The van der Waals surface area contributed by atoms with Gasteiger partial charge >= 0.3 is 0 Å². The van der Waals surface area contributed by atoms with Crippen LogP contribution in [0.15, 0.2) is 28.4 Å². The van der Waals surface area contributed by atoms with Crippen molar-refractivity contribution in [2.75, 3.05) is 30.8 Å². The van der Waals surface area contributed by atoms with Gasteiger partial charge in [-0.25, -0.2) is 15.0 Å². The van der Waals surface area contributed by atoms with E-state index in [0.29, 0.717) is 15.9 Å². The highest BCUT2D eigenvalue weighted by atomic mass is 35.5. The Hall–Kier alpha value is -1.32. The molecule has 1 spiro atoms. The monoisotopic (exact) mass is 454 g/mol. The van der Waals surface area contributed by atoms with Gasteiger partial charge in [-0.15, -0.1) is 0 Å². The van der Waals surface area contributed by atoms with Gasteiger partial charge in [-0.3, -0.25) is 0 Å². The standard InChI is InChI=1S/C19H24Cl2N6OS/c1-28-11-8-13(22)19(9-11)3-6-27(7-4-19)14-10-25-18(17(23)26-14)29-12-2-5-24-16(21)15(12)20/h2,5,10-11,13H,3-4,6-9,22H2,1H3,(H2,23,26). The van der Waals surface area contributed by atoms with Crippen LogP contribution in [0.25, 0.3) is 0 Å². The molecule has 4 rings (SSSR count). The number of halogens is 2. The van der Waals surface area contributed by atoms with Gasteiger partial charge in [-0.1, -0.05) is 35.0 Å². The maximum atomic E-state index is 6.46. The van der Waals surface area contributed by atoms with Crippen LogP contribution in [0.3, 0.4) is 0 Å². The highest BCUT2D eigenvalue weighted by molar-refractivity contribution is 7.99. The van der Waals surface area contributed by atoms with Gasteiger partial charge in [0, 0.05) is 37.3 Å². The number of hydrogen-bond acceptors (Lipinski definition) is 8. The smallest absolute Gasteiger partial charge is 0.158 e. The Bertz CT molecular complexity index is 893. The summed E-state index contributed by atoms with van der Waals surface area (Å²) in [6.45, 7) is 1.77. The van der Waals surface area contributed by atoms with Crippen LogP contribution in [-0.2, 0) is 4.74 Å². The molecule has 7 nitrogen and oxygen atoms in total. The van der Waals surface area contributed by atoms with Gasteiger partial charge in [-0.2, -0.15) is 0 Å². The lowest BCUT2D eigenvalue weighted by Gasteiger charge is -2.42. The van der Waals surface area contributed by atoms with E-state index in [9.17, 15) is 0 Å². The van der Waals surface area contributed by atoms with Gasteiger partial charge < -0.3 is 21.1 Å². The number of nitrogens with zero attached hydrogens (tertiary/aromatic N) is 4. The molecule has 1 saturated carbocycles. The summed E-state index contributed by atoms with van der Waals surface area (Å²) in [7, 11) is 1.77. The lowest BCUT2D eigenvalue weighted by atomic mass is 9.74. The maximum Gasteiger partial charge on any atom is 0.158 e. The Morgan fingerprint density at radius 2 is 2.03 bits per heavy atom. The van der Waals surface area contributed by atoms with Crippen LogP contribution in [-0.4, -0.2) is 47.3 Å². The van der Waals surface area contributed by atoms with Crippen molar-refractivity contribution < 1.29 is 4.74 Å². The fraction of sp³-hybridized carbons (Fsp3) is 0.526. The molecule has 0 amide bonds. The zero-order valence-corrected chi connectivity index (χ0v) is 18.5. The Balaban J connectivity index is 1.44. The van der Waals surface area contributed by atoms with Gasteiger partial charge in [0.15, 0.2) is 5.82 Å². The molecule has 2 atom stereocenters. The van der Waals surface area contributed by atoms with Crippen molar-refractivity contribution in [3.05, 3.63) is 28.6 Å². The van der Waals surface area contributed by atoms with Gasteiger partial charge in [0.05, 0.1) is 17.3 Å². The lowest BCUT2D eigenvalue weighted by Crippen LogP contribution is -2.47. The first-order valence-electron chi connectivity index (χ1n) is 9.55. The minimum Gasteiger partial charge on any atom is -0.381 e. The third kappa shape index (κ3) is 4.14. The van der Waals surface area contributed by atoms with E-state index >= 15 is 0 Å². The summed E-state index contributed by atoms with van der Waals surface area (Å²) >= 11 is 13.5. The van der Waals surface area contributed by atoms with Crippen LogP contribution >= 0.6 is 35.0 Å². The lowest BCUT2D eigenvalue weighted by molar-refractivity contribution is 0.0891. The zero-order chi connectivity index (χ0) is 20.6. The zero-order valence-electron chi connectivity index (χ0n) is 16.1. The molecular formula is C19H24Cl2N6OS. The van der Waals surface area contributed by atoms with Crippen LogP contribution in [0, 0.1) is 5.41 Å². The molecule has 1 saturated heterocycles. The normalized spacial score (nSPS) is 23.7. The number of pyridine rings is 1. The van der Waals surface area contributed by atoms with Crippen molar-refractivity contribution in [2.24, 2.45) is 11.1 Å². The van der Waals surface area contributed by atoms with Gasteiger partial charge in [0.2, 0.25) is 0 Å². The highest BCUT2D eigenvalue weighted by Gasteiger charge is 2.47. The Kier molecular flexibility index (Phi) is 6.09. The quantitative estimate of drug-likeness (QED) is 0.674. The molecule has 1 aliphatic heterocycles. The van der Waals surface area contributed by atoms with Crippen molar-refractivity contribution in [1.82, 2.24) is 15.0 Å². The molecular weight excluding hydrogens is 431 g/mol. The Labute approximate surface area is 184 Å². The summed E-state index contributed by atoms with van der Waals surface area (Å²) in [6, 6.07) is 1.97. The molecule has 0 bridgehead atoms. The van der Waals surface area contributed by atoms with Crippen molar-refractivity contribution in [3.63, 3.8) is 0 Å². The fourth-order valence-corrected chi connectivity index (χ4v) is 5.58. The third-order valence-corrected chi connectivity index (χ3v) is 8.07. The van der Waals surface area contributed by atoms with E-state index in [1.807, 2.05) is 0 Å². The third-order valence-electron chi connectivity index (χ3n) is 6.12. The first kappa shape index (κ1) is 20.9. The predicted molar refractivity (Wildman–Crippen MR) is 117 cm³/mol. The second-order valence-electron chi connectivity index (χ2n) is 7.69. The van der Waals surface area contributed by atoms with Crippen molar-refractivity contribution in [1.29, 1.82) is 0 Å². The summed E-state index contributed by atoms with van der Waals surface area (Å²) in [5.41, 5.74) is 12.8. The number of methoxy groups -OCH3 is 1. The summed E-state index contributed by atoms with van der Waals surface area (Å²) in [5, 5.41) is 1.23. The van der Waals surface area contributed by atoms with E-state index in [1.54, 1.807) is 25.6 Å². The Morgan fingerprint density at radius 3 is 2.69 bits per heavy atom. The minimum atomic E-state index is 0.170. The van der Waals surface area contributed by atoms with Crippen LogP contribution in [0.2, 0.25) is 10.2 Å². The summed E-state index contributed by atoms with van der Waals surface area (Å²) < 4.78 is 5.56. The largest absolute Gasteiger partial charge is 0.381 e. The first-order valence-corrected chi connectivity index (χ1v) is 11.1. The molecule has 2 aromatic rings. The van der Waals surface area contributed by atoms with E-state index in [0.717, 1.165) is 49.5 Å². The Morgan fingerprint density at radius 1 is 1.28 bits per heavy atom. The minimum absolute atomic E-state index is 0.170. The molecule has 1 aliphatic carbocycles. The van der Waals surface area contributed by atoms with Crippen LogP contribution in [0.5, 0.6) is 0 Å². The van der Waals surface area contributed by atoms with E-state index in [-0.39, 0.29) is 22.7 Å². The van der Waals surface area contributed by atoms with Crippen molar-refractivity contribution in [3.8, 4) is 0 Å². The summed E-state index contributed by atoms with van der Waals surface area (Å²) in [6.07, 6.45) is 7.67. The van der Waals surface area contributed by atoms with Gasteiger partial charge in [-0.05, 0) is 37.2 Å². The second-order valence-corrected chi connectivity index (χ2v) is 9.45. The van der Waals surface area contributed by atoms with Gasteiger partial charge in [0.1, 0.15) is 16.0 Å². The molecule has 4 N–H and O–H groups in total. The van der Waals surface area contributed by atoms with Crippen molar-refractivity contribution >= 4 is 46.6 Å².